The highest BCUT2D eigenvalue weighted by Crippen LogP contribution is 2.43. The maximum atomic E-state index is 13.9. The van der Waals surface area contributed by atoms with Gasteiger partial charge in [-0.3, -0.25) is 14.5 Å². The summed E-state index contributed by atoms with van der Waals surface area (Å²) in [6.07, 6.45) is 0. The van der Waals surface area contributed by atoms with Crippen LogP contribution >= 0.6 is 0 Å². The summed E-state index contributed by atoms with van der Waals surface area (Å²) in [5.41, 5.74) is 2.71. The first-order valence-electron chi connectivity index (χ1n) is 12.4. The third-order valence-electron chi connectivity index (χ3n) is 6.49. The van der Waals surface area contributed by atoms with E-state index in [1.165, 1.54) is 12.0 Å². The molecule has 0 saturated carbocycles. The molecule has 1 aromatic heterocycles. The Morgan fingerprint density at radius 2 is 1.71 bits per heavy atom. The average molecular weight is 514 g/mol. The fourth-order valence-electron chi connectivity index (χ4n) is 4.77. The Hall–Kier alpha value is -4.59. The van der Waals surface area contributed by atoms with Gasteiger partial charge in [0, 0.05) is 5.69 Å². The third-order valence-corrected chi connectivity index (χ3v) is 6.49. The van der Waals surface area contributed by atoms with Gasteiger partial charge in [-0.05, 0) is 74.9 Å². The van der Waals surface area contributed by atoms with Gasteiger partial charge in [0.15, 0.2) is 16.9 Å². The van der Waals surface area contributed by atoms with Crippen LogP contribution in [0.5, 0.6) is 11.5 Å². The molecule has 3 aromatic carbocycles. The predicted molar refractivity (Wildman–Crippen MR) is 142 cm³/mol. The Bertz CT molecular complexity index is 1600. The number of rotatable bonds is 7. The van der Waals surface area contributed by atoms with Gasteiger partial charge in [-0.25, -0.2) is 4.79 Å². The molecule has 1 aliphatic rings. The minimum absolute atomic E-state index is 0.0151. The molecule has 0 aliphatic carbocycles. The summed E-state index contributed by atoms with van der Waals surface area (Å²) in [5.74, 6) is 0.0972. The number of hydrogen-bond acceptors (Lipinski definition) is 7. The van der Waals surface area contributed by atoms with Crippen molar-refractivity contribution in [1.29, 1.82) is 0 Å². The first-order chi connectivity index (χ1) is 18.4. The van der Waals surface area contributed by atoms with Crippen LogP contribution < -0.4 is 19.8 Å². The number of aryl methyl sites for hydroxylation is 1. The molecule has 4 aromatic rings. The number of fused-ring (bicyclic) bond motifs is 2. The highest BCUT2D eigenvalue weighted by Gasteiger charge is 2.44. The van der Waals surface area contributed by atoms with Crippen LogP contribution in [-0.2, 0) is 4.74 Å². The molecule has 0 saturated heterocycles. The number of anilines is 1. The van der Waals surface area contributed by atoms with Gasteiger partial charge in [-0.2, -0.15) is 0 Å². The monoisotopic (exact) mass is 513 g/mol. The van der Waals surface area contributed by atoms with E-state index in [1.54, 1.807) is 61.5 Å². The lowest BCUT2D eigenvalue weighted by atomic mass is 9.97. The number of amides is 1. The van der Waals surface area contributed by atoms with E-state index in [4.69, 9.17) is 18.6 Å². The number of ether oxygens (including phenoxy) is 3. The normalized spacial score (nSPS) is 14.5. The van der Waals surface area contributed by atoms with Gasteiger partial charge in [-0.1, -0.05) is 17.7 Å². The van der Waals surface area contributed by atoms with Gasteiger partial charge in [0.2, 0.25) is 5.76 Å². The number of carbonyl (C=O) groups is 2. The maximum Gasteiger partial charge on any atom is 0.338 e. The molecule has 5 rings (SSSR count). The van der Waals surface area contributed by atoms with E-state index in [1.807, 2.05) is 19.9 Å². The summed E-state index contributed by atoms with van der Waals surface area (Å²) in [5, 5.41) is 0.402. The van der Waals surface area contributed by atoms with E-state index in [9.17, 15) is 14.4 Å². The van der Waals surface area contributed by atoms with Crippen LogP contribution in [0.3, 0.4) is 0 Å². The smallest absolute Gasteiger partial charge is 0.338 e. The molecule has 1 atom stereocenters. The second-order valence-electron chi connectivity index (χ2n) is 8.86. The molecule has 0 fully saturated rings. The first kappa shape index (κ1) is 25.1. The molecule has 8 nitrogen and oxygen atoms in total. The second-order valence-corrected chi connectivity index (χ2v) is 8.86. The van der Waals surface area contributed by atoms with E-state index in [0.717, 1.165) is 5.56 Å². The van der Waals surface area contributed by atoms with Gasteiger partial charge >= 0.3 is 5.97 Å². The van der Waals surface area contributed by atoms with Crippen molar-refractivity contribution >= 4 is 28.5 Å². The van der Waals surface area contributed by atoms with E-state index >= 15 is 0 Å². The number of benzene rings is 3. The second kappa shape index (κ2) is 10.0. The predicted octanol–water partition coefficient (Wildman–Crippen LogP) is 5.44. The van der Waals surface area contributed by atoms with Crippen LogP contribution in [0.1, 0.15) is 57.5 Å². The van der Waals surface area contributed by atoms with E-state index in [-0.39, 0.29) is 23.4 Å². The minimum Gasteiger partial charge on any atom is -0.493 e. The van der Waals surface area contributed by atoms with E-state index in [0.29, 0.717) is 45.9 Å². The lowest BCUT2D eigenvalue weighted by Gasteiger charge is -2.26. The highest BCUT2D eigenvalue weighted by molar-refractivity contribution is 6.11. The zero-order valence-corrected chi connectivity index (χ0v) is 21.6. The van der Waals surface area contributed by atoms with Crippen molar-refractivity contribution in [3.8, 4) is 11.5 Å². The van der Waals surface area contributed by atoms with Gasteiger partial charge < -0.3 is 18.6 Å². The summed E-state index contributed by atoms with van der Waals surface area (Å²) in [6.45, 7) is 6.21. The molecule has 1 unspecified atom stereocenters. The topological polar surface area (TPSA) is 95.3 Å². The molecule has 0 N–H and O–H groups in total. The van der Waals surface area contributed by atoms with Crippen molar-refractivity contribution in [3.63, 3.8) is 0 Å². The minimum atomic E-state index is -0.795. The van der Waals surface area contributed by atoms with Gasteiger partial charge in [-0.15, -0.1) is 0 Å². The van der Waals surface area contributed by atoms with Gasteiger partial charge in [0.05, 0.1) is 42.9 Å². The molecule has 2 heterocycles. The molecular formula is C30H27NO7. The van der Waals surface area contributed by atoms with Crippen molar-refractivity contribution in [1.82, 2.24) is 0 Å². The summed E-state index contributed by atoms with van der Waals surface area (Å²) >= 11 is 0. The number of carbonyl (C=O) groups excluding carboxylic acids is 2. The van der Waals surface area contributed by atoms with Gasteiger partial charge in [0.25, 0.3) is 5.91 Å². The Balaban J connectivity index is 1.72. The van der Waals surface area contributed by atoms with E-state index in [2.05, 4.69) is 0 Å². The van der Waals surface area contributed by atoms with Crippen LogP contribution in [0.15, 0.2) is 69.9 Å². The molecule has 0 bridgehead atoms. The average Bonchev–Trinajstić information content (AvgIpc) is 3.22. The lowest BCUT2D eigenvalue weighted by Crippen LogP contribution is -2.29. The van der Waals surface area contributed by atoms with Crippen LogP contribution in [0.2, 0.25) is 0 Å². The first-order valence-corrected chi connectivity index (χ1v) is 12.4. The number of hydrogen-bond donors (Lipinski definition) is 0. The van der Waals surface area contributed by atoms with Crippen molar-refractivity contribution < 1.29 is 28.2 Å². The fourth-order valence-corrected chi connectivity index (χ4v) is 4.77. The number of methoxy groups -OCH3 is 1. The van der Waals surface area contributed by atoms with Crippen LogP contribution in [0.25, 0.3) is 11.0 Å². The summed E-state index contributed by atoms with van der Waals surface area (Å²) in [7, 11) is 1.53. The Morgan fingerprint density at radius 1 is 0.947 bits per heavy atom. The lowest BCUT2D eigenvalue weighted by molar-refractivity contribution is 0.0526. The van der Waals surface area contributed by atoms with Crippen molar-refractivity contribution in [2.45, 2.75) is 26.8 Å². The molecular weight excluding hydrogens is 486 g/mol. The van der Waals surface area contributed by atoms with Gasteiger partial charge in [0.1, 0.15) is 5.58 Å². The van der Waals surface area contributed by atoms with E-state index < -0.39 is 17.9 Å². The molecule has 0 radical (unpaired) electrons. The van der Waals surface area contributed by atoms with Crippen LogP contribution in [0, 0.1) is 6.92 Å². The quantitative estimate of drug-likeness (QED) is 0.304. The third kappa shape index (κ3) is 4.18. The Kier molecular flexibility index (Phi) is 6.63. The molecule has 1 amide bonds. The van der Waals surface area contributed by atoms with Crippen molar-refractivity contribution in [2.24, 2.45) is 0 Å². The number of esters is 1. The largest absolute Gasteiger partial charge is 0.493 e. The zero-order chi connectivity index (χ0) is 27.0. The number of nitrogens with zero attached hydrogens (tertiary/aromatic N) is 1. The molecule has 8 heteroatoms. The highest BCUT2D eigenvalue weighted by atomic mass is 16.5. The Morgan fingerprint density at radius 3 is 2.39 bits per heavy atom. The van der Waals surface area contributed by atoms with Crippen molar-refractivity contribution in [2.75, 3.05) is 25.2 Å². The fraction of sp³-hybridized carbons (Fsp3) is 0.233. The molecule has 0 spiro atoms. The van der Waals surface area contributed by atoms with Crippen molar-refractivity contribution in [3.05, 3.63) is 98.9 Å². The SMILES string of the molecule is CCOC(=O)c1ccc(N2C(=O)c3oc4ccc(C)cc4c(=O)c3C2c2ccc(OCC)c(OC)c2)cc1. The zero-order valence-electron chi connectivity index (χ0n) is 21.6. The summed E-state index contributed by atoms with van der Waals surface area (Å²) < 4.78 is 22.3. The standard InChI is InChI=1S/C30H27NO7/c1-5-36-23-14-10-19(16-24(23)35-4)26-25-27(32)21-15-17(3)7-13-22(21)38-28(25)29(33)31(26)20-11-8-18(9-12-20)30(34)37-6-2/h7-16,26H,5-6H2,1-4H3. The molecule has 38 heavy (non-hydrogen) atoms. The molecule has 1 aliphatic heterocycles. The summed E-state index contributed by atoms with van der Waals surface area (Å²) in [4.78, 5) is 41.4. The van der Waals surface area contributed by atoms with Crippen LogP contribution in [0.4, 0.5) is 5.69 Å². The summed E-state index contributed by atoms with van der Waals surface area (Å²) in [6, 6.07) is 16.3. The Labute approximate surface area is 219 Å². The molecule has 194 valence electrons. The maximum absolute atomic E-state index is 13.9. The van der Waals surface area contributed by atoms with Crippen LogP contribution in [-0.4, -0.2) is 32.2 Å².